The molecule has 2 nitrogen and oxygen atoms in total. The molecule has 11 aromatic rings. The first kappa shape index (κ1) is 31.6. The maximum absolute atomic E-state index is 6.53. The molecule has 0 bridgehead atoms. The van der Waals surface area contributed by atoms with E-state index in [1.165, 1.54) is 47.8 Å². The van der Waals surface area contributed by atoms with E-state index in [1.807, 2.05) is 11.3 Å². The molecule has 0 radical (unpaired) electrons. The van der Waals surface area contributed by atoms with Crippen molar-refractivity contribution in [3.8, 4) is 33.4 Å². The van der Waals surface area contributed by atoms with Gasteiger partial charge in [0.05, 0.1) is 5.69 Å². The van der Waals surface area contributed by atoms with Crippen LogP contribution in [0.15, 0.2) is 205 Å². The first-order valence-electron chi connectivity index (χ1n) is 18.7. The van der Waals surface area contributed by atoms with E-state index in [-0.39, 0.29) is 0 Å². The summed E-state index contributed by atoms with van der Waals surface area (Å²) in [6.45, 7) is 0. The van der Waals surface area contributed by atoms with Crippen LogP contribution in [0.2, 0.25) is 0 Å². The molecular weight excluding hydrogens is 687 g/mol. The first-order valence-corrected chi connectivity index (χ1v) is 19.5. The van der Waals surface area contributed by atoms with Crippen LogP contribution in [-0.2, 0) is 0 Å². The highest BCUT2D eigenvalue weighted by atomic mass is 32.1. The lowest BCUT2D eigenvalue weighted by Gasteiger charge is -2.28. The largest absolute Gasteiger partial charge is 0.455 e. The number of nitrogens with zero attached hydrogens (tertiary/aromatic N) is 1. The molecule has 55 heavy (non-hydrogen) atoms. The molecule has 0 amide bonds. The summed E-state index contributed by atoms with van der Waals surface area (Å²) in [6, 6.07) is 72.1. The molecule has 11 rings (SSSR count). The average molecular weight is 720 g/mol. The molecule has 0 N–H and O–H groups in total. The Bertz CT molecular complexity index is 3190. The van der Waals surface area contributed by atoms with Gasteiger partial charge in [-0.3, -0.25) is 0 Å². The molecule has 0 saturated heterocycles. The van der Waals surface area contributed by atoms with E-state index in [0.717, 1.165) is 55.5 Å². The van der Waals surface area contributed by atoms with Crippen molar-refractivity contribution in [2.75, 3.05) is 4.90 Å². The number of fused-ring (bicyclic) bond motifs is 8. The summed E-state index contributed by atoms with van der Waals surface area (Å²) in [7, 11) is 0. The van der Waals surface area contributed by atoms with Gasteiger partial charge in [-0.05, 0) is 81.7 Å². The fraction of sp³-hybridized carbons (Fsp3) is 0. The fourth-order valence-electron chi connectivity index (χ4n) is 8.31. The van der Waals surface area contributed by atoms with Crippen molar-refractivity contribution in [1.29, 1.82) is 0 Å². The summed E-state index contributed by atoms with van der Waals surface area (Å²) in [5.41, 5.74) is 12.3. The van der Waals surface area contributed by atoms with Gasteiger partial charge >= 0.3 is 0 Å². The molecule has 0 aliphatic rings. The Hall–Kier alpha value is -6.94. The Morgan fingerprint density at radius 2 is 0.982 bits per heavy atom. The minimum absolute atomic E-state index is 0.901. The second-order valence-electron chi connectivity index (χ2n) is 14.0. The van der Waals surface area contributed by atoms with Crippen LogP contribution < -0.4 is 4.90 Å². The number of furan rings is 1. The van der Waals surface area contributed by atoms with Crippen LogP contribution in [0.5, 0.6) is 0 Å². The zero-order valence-electron chi connectivity index (χ0n) is 29.8. The molecule has 9 aromatic carbocycles. The number of para-hydroxylation sites is 1. The monoisotopic (exact) mass is 719 g/mol. The van der Waals surface area contributed by atoms with Gasteiger partial charge in [0.1, 0.15) is 11.2 Å². The molecular formula is C52H33NOS. The maximum Gasteiger partial charge on any atom is 0.143 e. The van der Waals surface area contributed by atoms with Crippen molar-refractivity contribution < 1.29 is 4.42 Å². The normalized spacial score (nSPS) is 11.6. The van der Waals surface area contributed by atoms with Gasteiger partial charge in [-0.15, -0.1) is 11.3 Å². The molecule has 2 aromatic heterocycles. The van der Waals surface area contributed by atoms with Gasteiger partial charge in [0, 0.05) is 53.3 Å². The van der Waals surface area contributed by atoms with Gasteiger partial charge in [-0.1, -0.05) is 152 Å². The summed E-state index contributed by atoms with van der Waals surface area (Å²) in [5, 5.41) is 7.23. The van der Waals surface area contributed by atoms with Gasteiger partial charge in [0.2, 0.25) is 0 Å². The van der Waals surface area contributed by atoms with Crippen LogP contribution in [0.4, 0.5) is 17.1 Å². The highest BCUT2D eigenvalue weighted by Gasteiger charge is 2.19. The van der Waals surface area contributed by atoms with E-state index in [1.54, 1.807) is 0 Å². The van der Waals surface area contributed by atoms with E-state index in [0.29, 0.717) is 0 Å². The minimum atomic E-state index is 0.901. The second-order valence-corrected chi connectivity index (χ2v) is 15.1. The number of hydrogen-bond donors (Lipinski definition) is 0. The van der Waals surface area contributed by atoms with Gasteiger partial charge in [0.25, 0.3) is 0 Å². The second kappa shape index (κ2) is 12.9. The van der Waals surface area contributed by atoms with Crippen LogP contribution >= 0.6 is 11.3 Å². The topological polar surface area (TPSA) is 16.4 Å². The Morgan fingerprint density at radius 3 is 1.80 bits per heavy atom. The Labute approximate surface area is 322 Å². The van der Waals surface area contributed by atoms with Crippen molar-refractivity contribution >= 4 is 81.3 Å². The highest BCUT2D eigenvalue weighted by molar-refractivity contribution is 7.26. The van der Waals surface area contributed by atoms with Gasteiger partial charge < -0.3 is 9.32 Å². The third-order valence-corrected chi connectivity index (χ3v) is 12.1. The third kappa shape index (κ3) is 5.24. The number of benzene rings is 9. The Kier molecular flexibility index (Phi) is 7.39. The zero-order valence-corrected chi connectivity index (χ0v) is 30.6. The molecule has 0 fully saturated rings. The molecule has 0 unspecified atom stereocenters. The lowest BCUT2D eigenvalue weighted by Crippen LogP contribution is -2.11. The van der Waals surface area contributed by atoms with E-state index < -0.39 is 0 Å². The zero-order chi connectivity index (χ0) is 36.3. The lowest BCUT2D eigenvalue weighted by molar-refractivity contribution is 0.673. The Morgan fingerprint density at radius 1 is 0.382 bits per heavy atom. The van der Waals surface area contributed by atoms with E-state index in [2.05, 4.69) is 205 Å². The molecule has 0 aliphatic carbocycles. The fourth-order valence-corrected chi connectivity index (χ4v) is 9.54. The van der Waals surface area contributed by atoms with Crippen LogP contribution in [0, 0.1) is 0 Å². The van der Waals surface area contributed by atoms with Gasteiger partial charge in [-0.2, -0.15) is 0 Å². The average Bonchev–Trinajstić information content (AvgIpc) is 3.84. The molecule has 0 saturated carbocycles. The molecule has 0 aliphatic heterocycles. The standard InChI is InChI=1S/C52H33NOS/c1-2-12-34(13-3-1)40-15-6-8-21-47(40)53(39-31-26-37(27-32-39)43-19-10-20-45-44-17-7-9-23-49(44)55-52(43)45)38-29-24-36(25-30-38)41-18-11-22-48-50(41)46-33-28-35-14-4-5-16-42(35)51(46)54-48/h1-33H. The highest BCUT2D eigenvalue weighted by Crippen LogP contribution is 2.45. The quantitative estimate of drug-likeness (QED) is 0.170. The van der Waals surface area contributed by atoms with Crippen molar-refractivity contribution in [3.05, 3.63) is 200 Å². The predicted octanol–water partition coefficient (Wildman–Crippen LogP) is 15.6. The van der Waals surface area contributed by atoms with Crippen LogP contribution in [0.25, 0.3) is 86.3 Å². The Balaban J connectivity index is 1.04. The molecule has 3 heteroatoms. The van der Waals surface area contributed by atoms with Crippen LogP contribution in [0.1, 0.15) is 0 Å². The van der Waals surface area contributed by atoms with E-state index in [9.17, 15) is 0 Å². The van der Waals surface area contributed by atoms with Crippen LogP contribution in [0.3, 0.4) is 0 Å². The first-order chi connectivity index (χ1) is 27.3. The smallest absolute Gasteiger partial charge is 0.143 e. The van der Waals surface area contributed by atoms with Crippen molar-refractivity contribution in [2.45, 2.75) is 0 Å². The van der Waals surface area contributed by atoms with Crippen molar-refractivity contribution in [1.82, 2.24) is 0 Å². The SMILES string of the molecule is c1ccc(-c2ccccc2N(c2ccc(-c3cccc4c3sc3ccccc34)cc2)c2ccc(-c3cccc4oc5c6ccccc6ccc5c34)cc2)cc1. The number of rotatable bonds is 6. The summed E-state index contributed by atoms with van der Waals surface area (Å²) >= 11 is 1.87. The molecule has 0 spiro atoms. The summed E-state index contributed by atoms with van der Waals surface area (Å²) in [6.07, 6.45) is 0. The number of thiophene rings is 1. The van der Waals surface area contributed by atoms with E-state index in [4.69, 9.17) is 4.42 Å². The van der Waals surface area contributed by atoms with Gasteiger partial charge in [0.15, 0.2) is 0 Å². The molecule has 258 valence electrons. The summed E-state index contributed by atoms with van der Waals surface area (Å²) in [4.78, 5) is 2.38. The minimum Gasteiger partial charge on any atom is -0.455 e. The van der Waals surface area contributed by atoms with E-state index >= 15 is 0 Å². The number of hydrogen-bond acceptors (Lipinski definition) is 3. The molecule has 2 heterocycles. The van der Waals surface area contributed by atoms with Gasteiger partial charge in [-0.25, -0.2) is 0 Å². The predicted molar refractivity (Wildman–Crippen MR) is 235 cm³/mol. The van der Waals surface area contributed by atoms with Crippen LogP contribution in [-0.4, -0.2) is 0 Å². The maximum atomic E-state index is 6.53. The third-order valence-electron chi connectivity index (χ3n) is 10.9. The summed E-state index contributed by atoms with van der Waals surface area (Å²) < 4.78 is 9.18. The lowest BCUT2D eigenvalue weighted by atomic mass is 9.97. The van der Waals surface area contributed by atoms with Crippen molar-refractivity contribution in [3.63, 3.8) is 0 Å². The number of anilines is 3. The summed E-state index contributed by atoms with van der Waals surface area (Å²) in [5.74, 6) is 0. The van der Waals surface area contributed by atoms with Crippen molar-refractivity contribution in [2.24, 2.45) is 0 Å². The molecule has 0 atom stereocenters.